The summed E-state index contributed by atoms with van der Waals surface area (Å²) in [6.07, 6.45) is 0.988. The van der Waals surface area contributed by atoms with Gasteiger partial charge < -0.3 is 4.57 Å². The zero-order chi connectivity index (χ0) is 14.2. The van der Waals surface area contributed by atoms with Crippen molar-refractivity contribution in [2.24, 2.45) is 5.92 Å². The van der Waals surface area contributed by atoms with Crippen molar-refractivity contribution in [3.63, 3.8) is 0 Å². The van der Waals surface area contributed by atoms with Crippen molar-refractivity contribution in [1.82, 2.24) is 9.55 Å². The van der Waals surface area contributed by atoms with Crippen LogP contribution in [0.15, 0.2) is 16.6 Å². The van der Waals surface area contributed by atoms with Crippen molar-refractivity contribution in [3.05, 3.63) is 28.2 Å². The number of imidazole rings is 1. The molecule has 0 N–H and O–H groups in total. The van der Waals surface area contributed by atoms with Crippen LogP contribution in [0.4, 0.5) is 4.39 Å². The molecule has 0 aliphatic heterocycles. The van der Waals surface area contributed by atoms with Crippen molar-refractivity contribution < 1.29 is 4.39 Å². The van der Waals surface area contributed by atoms with Gasteiger partial charge in [-0.3, -0.25) is 0 Å². The lowest BCUT2D eigenvalue weighted by atomic mass is 10.0. The van der Waals surface area contributed by atoms with Gasteiger partial charge in [0.2, 0.25) is 0 Å². The van der Waals surface area contributed by atoms with Gasteiger partial charge in [0.05, 0.1) is 21.4 Å². The van der Waals surface area contributed by atoms with Crippen molar-refractivity contribution >= 4 is 38.6 Å². The van der Waals surface area contributed by atoms with E-state index >= 15 is 0 Å². The number of aromatic nitrogens is 2. The maximum atomic E-state index is 13.6. The molecule has 1 aromatic carbocycles. The molecule has 0 saturated heterocycles. The topological polar surface area (TPSA) is 17.8 Å². The third-order valence-electron chi connectivity index (χ3n) is 3.44. The molecule has 19 heavy (non-hydrogen) atoms. The van der Waals surface area contributed by atoms with E-state index < -0.39 is 0 Å². The molecule has 104 valence electrons. The fourth-order valence-corrected chi connectivity index (χ4v) is 3.08. The second kappa shape index (κ2) is 5.80. The fourth-order valence-electron chi connectivity index (χ4n) is 2.56. The van der Waals surface area contributed by atoms with Crippen LogP contribution in [0.5, 0.6) is 0 Å². The molecular formula is C14H17BrClFN2. The summed E-state index contributed by atoms with van der Waals surface area (Å²) in [4.78, 5) is 4.45. The summed E-state index contributed by atoms with van der Waals surface area (Å²) < 4.78 is 16.2. The molecule has 1 heterocycles. The Labute approximate surface area is 126 Å². The van der Waals surface area contributed by atoms with E-state index in [1.807, 2.05) is 0 Å². The van der Waals surface area contributed by atoms with Gasteiger partial charge in [-0.05, 0) is 34.3 Å². The first-order chi connectivity index (χ1) is 8.99. The van der Waals surface area contributed by atoms with Crippen LogP contribution in [-0.2, 0) is 5.88 Å². The predicted octanol–water partition coefficient (Wildman–Crippen LogP) is 5.28. The van der Waals surface area contributed by atoms with E-state index in [2.05, 4.69) is 46.3 Å². The zero-order valence-corrected chi connectivity index (χ0v) is 13.6. The summed E-state index contributed by atoms with van der Waals surface area (Å²) in [5.41, 5.74) is 1.60. The Balaban J connectivity index is 2.72. The highest BCUT2D eigenvalue weighted by Crippen LogP contribution is 2.31. The Kier molecular flexibility index (Phi) is 4.51. The van der Waals surface area contributed by atoms with Crippen LogP contribution in [-0.4, -0.2) is 9.55 Å². The molecule has 1 atom stereocenters. The highest BCUT2D eigenvalue weighted by molar-refractivity contribution is 9.10. The summed E-state index contributed by atoms with van der Waals surface area (Å²) in [6.45, 7) is 6.50. The molecule has 5 heteroatoms. The lowest BCUT2D eigenvalue weighted by Crippen LogP contribution is -2.16. The number of rotatable bonds is 4. The molecule has 0 radical (unpaired) electrons. The van der Waals surface area contributed by atoms with Gasteiger partial charge in [0, 0.05) is 12.1 Å². The van der Waals surface area contributed by atoms with Gasteiger partial charge in [-0.2, -0.15) is 0 Å². The smallest absolute Gasteiger partial charge is 0.139 e. The Hall–Kier alpha value is -0.610. The first-order valence-corrected chi connectivity index (χ1v) is 7.74. The van der Waals surface area contributed by atoms with Gasteiger partial charge >= 0.3 is 0 Å². The number of fused-ring (bicyclic) bond motifs is 1. The molecule has 0 aliphatic carbocycles. The minimum atomic E-state index is -0.295. The highest BCUT2D eigenvalue weighted by atomic mass is 79.9. The number of hydrogen-bond acceptors (Lipinski definition) is 1. The predicted molar refractivity (Wildman–Crippen MR) is 81.1 cm³/mol. The van der Waals surface area contributed by atoms with Crippen LogP contribution in [0.3, 0.4) is 0 Å². The first-order valence-electron chi connectivity index (χ1n) is 6.41. The molecule has 1 aromatic heterocycles. The number of alkyl halides is 1. The van der Waals surface area contributed by atoms with Crippen LogP contribution in [0, 0.1) is 11.7 Å². The average Bonchev–Trinajstić information content (AvgIpc) is 2.69. The molecular weight excluding hydrogens is 331 g/mol. The largest absolute Gasteiger partial charge is 0.324 e. The maximum absolute atomic E-state index is 13.6. The van der Waals surface area contributed by atoms with Crippen LogP contribution >= 0.6 is 27.5 Å². The molecule has 2 nitrogen and oxygen atoms in total. The quantitative estimate of drug-likeness (QED) is 0.688. The average molecular weight is 348 g/mol. The van der Waals surface area contributed by atoms with E-state index in [1.165, 1.54) is 6.07 Å². The summed E-state index contributed by atoms with van der Waals surface area (Å²) in [5, 5.41) is 0. The molecule has 2 aromatic rings. The lowest BCUT2D eigenvalue weighted by Gasteiger charge is -2.23. The lowest BCUT2D eigenvalue weighted by molar-refractivity contribution is 0.367. The van der Waals surface area contributed by atoms with E-state index in [4.69, 9.17) is 11.6 Å². The minimum absolute atomic E-state index is 0.295. The summed E-state index contributed by atoms with van der Waals surface area (Å²) in [7, 11) is 0. The van der Waals surface area contributed by atoms with Crippen molar-refractivity contribution in [2.45, 2.75) is 39.1 Å². The van der Waals surface area contributed by atoms with Crippen molar-refractivity contribution in [2.75, 3.05) is 0 Å². The van der Waals surface area contributed by atoms with Gasteiger partial charge in [0.25, 0.3) is 0 Å². The molecule has 0 fully saturated rings. The number of hydrogen-bond donors (Lipinski definition) is 0. The second-order valence-corrected chi connectivity index (χ2v) is 6.13. The number of halogens is 3. The van der Waals surface area contributed by atoms with E-state index in [0.717, 1.165) is 17.8 Å². The molecule has 2 rings (SSSR count). The van der Waals surface area contributed by atoms with Crippen LogP contribution in [0.1, 0.15) is 39.1 Å². The van der Waals surface area contributed by atoms with E-state index in [0.29, 0.717) is 27.8 Å². The third-order valence-corrected chi connectivity index (χ3v) is 4.29. The van der Waals surface area contributed by atoms with Crippen LogP contribution in [0.25, 0.3) is 11.0 Å². The normalized spacial score (nSPS) is 13.4. The Morgan fingerprint density at radius 2 is 2.11 bits per heavy atom. The summed E-state index contributed by atoms with van der Waals surface area (Å²) in [5.74, 6) is 1.30. The van der Waals surface area contributed by atoms with Gasteiger partial charge in [0.1, 0.15) is 11.6 Å². The third kappa shape index (κ3) is 2.65. The van der Waals surface area contributed by atoms with E-state index in [1.54, 1.807) is 6.07 Å². The molecule has 0 saturated carbocycles. The molecule has 0 bridgehead atoms. The van der Waals surface area contributed by atoms with Crippen LogP contribution < -0.4 is 0 Å². The second-order valence-electron chi connectivity index (χ2n) is 5.01. The zero-order valence-electron chi connectivity index (χ0n) is 11.3. The molecule has 1 unspecified atom stereocenters. The SMILES string of the molecule is CCC(C(C)C)n1c(CCl)nc2cc(F)c(Br)cc21. The van der Waals surface area contributed by atoms with Crippen molar-refractivity contribution in [3.8, 4) is 0 Å². The highest BCUT2D eigenvalue weighted by Gasteiger charge is 2.21. The van der Waals surface area contributed by atoms with Crippen LogP contribution in [0.2, 0.25) is 0 Å². The molecule has 0 spiro atoms. The van der Waals surface area contributed by atoms with Gasteiger partial charge in [-0.25, -0.2) is 9.37 Å². The fraction of sp³-hybridized carbons (Fsp3) is 0.500. The van der Waals surface area contributed by atoms with Gasteiger partial charge in [-0.1, -0.05) is 20.8 Å². The summed E-state index contributed by atoms with van der Waals surface area (Å²) >= 11 is 9.24. The van der Waals surface area contributed by atoms with Crippen molar-refractivity contribution in [1.29, 1.82) is 0 Å². The van der Waals surface area contributed by atoms with E-state index in [9.17, 15) is 4.39 Å². The molecule has 0 amide bonds. The Morgan fingerprint density at radius 1 is 1.42 bits per heavy atom. The standard InChI is InChI=1S/C14H17BrClFN2/c1-4-12(8(2)3)19-13-5-9(15)10(17)6-11(13)18-14(19)7-16/h5-6,8,12H,4,7H2,1-3H3. The Morgan fingerprint density at radius 3 is 2.63 bits per heavy atom. The monoisotopic (exact) mass is 346 g/mol. The molecule has 0 aliphatic rings. The van der Waals surface area contributed by atoms with Gasteiger partial charge in [-0.15, -0.1) is 11.6 Å². The minimum Gasteiger partial charge on any atom is -0.324 e. The van der Waals surface area contributed by atoms with Gasteiger partial charge in [0.15, 0.2) is 0 Å². The number of benzene rings is 1. The number of nitrogens with zero attached hydrogens (tertiary/aromatic N) is 2. The van der Waals surface area contributed by atoms with E-state index in [-0.39, 0.29) is 5.82 Å². The first kappa shape index (κ1) is 14.8. The maximum Gasteiger partial charge on any atom is 0.139 e. The Bertz CT molecular complexity index is 595. The summed E-state index contributed by atoms with van der Waals surface area (Å²) in [6, 6.07) is 3.56.